The minimum Gasteiger partial charge on any atom is -0.383 e. The van der Waals surface area contributed by atoms with E-state index < -0.39 is 0 Å². The Bertz CT molecular complexity index is 408. The normalized spacial score (nSPS) is 11.1. The van der Waals surface area contributed by atoms with Gasteiger partial charge < -0.3 is 19.7 Å². The van der Waals surface area contributed by atoms with Gasteiger partial charge in [0, 0.05) is 45.6 Å². The summed E-state index contributed by atoms with van der Waals surface area (Å²) in [7, 11) is 3.48. The van der Waals surface area contributed by atoms with Crippen LogP contribution < -0.4 is 10.2 Å². The topological polar surface area (TPSA) is 33.7 Å². The van der Waals surface area contributed by atoms with E-state index in [4.69, 9.17) is 9.47 Å². The van der Waals surface area contributed by atoms with Gasteiger partial charge in [-0.1, -0.05) is 17.7 Å². The zero-order valence-corrected chi connectivity index (χ0v) is 14.1. The van der Waals surface area contributed by atoms with Crippen molar-refractivity contribution in [3.63, 3.8) is 0 Å². The Balaban J connectivity index is 2.86. The van der Waals surface area contributed by atoms with Crippen molar-refractivity contribution in [3.8, 4) is 0 Å². The minimum atomic E-state index is 0.445. The van der Waals surface area contributed by atoms with Gasteiger partial charge in [-0.2, -0.15) is 0 Å². The number of rotatable bonds is 10. The fraction of sp³-hybridized carbons (Fsp3) is 0.647. The van der Waals surface area contributed by atoms with Gasteiger partial charge in [0.1, 0.15) is 0 Å². The van der Waals surface area contributed by atoms with Crippen molar-refractivity contribution in [3.05, 3.63) is 29.3 Å². The Kier molecular flexibility index (Phi) is 8.35. The molecule has 1 aromatic rings. The van der Waals surface area contributed by atoms with E-state index in [9.17, 15) is 0 Å². The molecule has 0 saturated heterocycles. The molecule has 0 saturated carbocycles. The molecule has 4 heteroatoms. The van der Waals surface area contributed by atoms with E-state index in [0.29, 0.717) is 6.04 Å². The third-order valence-corrected chi connectivity index (χ3v) is 3.50. The highest BCUT2D eigenvalue weighted by Crippen LogP contribution is 2.24. The molecule has 0 aliphatic carbocycles. The van der Waals surface area contributed by atoms with E-state index in [1.54, 1.807) is 14.2 Å². The monoisotopic (exact) mass is 294 g/mol. The summed E-state index contributed by atoms with van der Waals surface area (Å²) in [5.74, 6) is 0. The van der Waals surface area contributed by atoms with Crippen LogP contribution in [0.15, 0.2) is 18.2 Å². The molecule has 0 fully saturated rings. The summed E-state index contributed by atoms with van der Waals surface area (Å²) in [4.78, 5) is 2.40. The van der Waals surface area contributed by atoms with Crippen molar-refractivity contribution in [1.82, 2.24) is 5.32 Å². The van der Waals surface area contributed by atoms with Crippen molar-refractivity contribution in [2.45, 2.75) is 33.4 Å². The van der Waals surface area contributed by atoms with Crippen LogP contribution in [0, 0.1) is 6.92 Å². The number of nitrogens with one attached hydrogen (secondary N) is 1. The third kappa shape index (κ3) is 6.04. The van der Waals surface area contributed by atoms with Crippen LogP contribution in [0.5, 0.6) is 0 Å². The summed E-state index contributed by atoms with van der Waals surface area (Å²) in [5.41, 5.74) is 3.91. The highest BCUT2D eigenvalue weighted by atomic mass is 16.5. The molecule has 1 rings (SSSR count). The lowest BCUT2D eigenvalue weighted by atomic mass is 10.1. The molecule has 0 unspecified atom stereocenters. The Morgan fingerprint density at radius 3 is 2.48 bits per heavy atom. The van der Waals surface area contributed by atoms with Gasteiger partial charge in [-0.15, -0.1) is 0 Å². The van der Waals surface area contributed by atoms with Gasteiger partial charge in [-0.3, -0.25) is 0 Å². The number of aryl methyl sites for hydroxylation is 1. The molecule has 0 atom stereocenters. The van der Waals surface area contributed by atoms with Crippen LogP contribution in [0.4, 0.5) is 5.69 Å². The van der Waals surface area contributed by atoms with Crippen LogP contribution in [0.2, 0.25) is 0 Å². The first-order valence-electron chi connectivity index (χ1n) is 7.65. The molecule has 120 valence electrons. The van der Waals surface area contributed by atoms with Gasteiger partial charge in [0.05, 0.1) is 13.2 Å². The number of anilines is 1. The molecule has 21 heavy (non-hydrogen) atoms. The lowest BCUT2D eigenvalue weighted by Crippen LogP contribution is -2.35. The van der Waals surface area contributed by atoms with E-state index in [-0.39, 0.29) is 0 Å². The first-order valence-corrected chi connectivity index (χ1v) is 7.65. The molecule has 0 spiro atoms. The molecule has 0 aromatic heterocycles. The minimum absolute atomic E-state index is 0.445. The van der Waals surface area contributed by atoms with Crippen LogP contribution in [-0.4, -0.2) is 46.6 Å². The summed E-state index contributed by atoms with van der Waals surface area (Å²) < 4.78 is 10.3. The molecule has 0 bridgehead atoms. The predicted octanol–water partition coefficient (Wildman–Crippen LogP) is 2.59. The summed E-state index contributed by atoms with van der Waals surface area (Å²) >= 11 is 0. The first kappa shape index (κ1) is 18.0. The molecule has 1 N–H and O–H groups in total. The average molecular weight is 294 g/mol. The van der Waals surface area contributed by atoms with E-state index in [2.05, 4.69) is 49.2 Å². The van der Waals surface area contributed by atoms with Gasteiger partial charge >= 0.3 is 0 Å². The molecular weight excluding hydrogens is 264 g/mol. The maximum Gasteiger partial charge on any atom is 0.0637 e. The van der Waals surface area contributed by atoms with Crippen LogP contribution in [0.25, 0.3) is 0 Å². The van der Waals surface area contributed by atoms with Crippen molar-refractivity contribution in [1.29, 1.82) is 0 Å². The van der Waals surface area contributed by atoms with E-state index in [1.165, 1.54) is 16.8 Å². The summed E-state index contributed by atoms with van der Waals surface area (Å²) in [6.07, 6.45) is 0. The number of nitrogens with zero attached hydrogens (tertiary/aromatic N) is 1. The number of hydrogen-bond acceptors (Lipinski definition) is 4. The quantitative estimate of drug-likeness (QED) is 0.673. The molecule has 0 aliphatic rings. The number of benzene rings is 1. The maximum atomic E-state index is 5.25. The SMILES string of the molecule is COCCNCc1cc(C)ccc1N(CCOC)C(C)C. The standard InChI is InChI=1S/C17H30N2O2/c1-14(2)19(9-11-21-5)17-7-6-15(3)12-16(17)13-18-8-10-20-4/h6-7,12,14,18H,8-11,13H2,1-5H3. The third-order valence-electron chi connectivity index (χ3n) is 3.50. The Morgan fingerprint density at radius 2 is 1.86 bits per heavy atom. The van der Waals surface area contributed by atoms with Gasteiger partial charge in [0.15, 0.2) is 0 Å². The van der Waals surface area contributed by atoms with Gasteiger partial charge in [-0.25, -0.2) is 0 Å². The summed E-state index contributed by atoms with van der Waals surface area (Å²) in [5, 5.41) is 3.44. The number of hydrogen-bond donors (Lipinski definition) is 1. The van der Waals surface area contributed by atoms with E-state index >= 15 is 0 Å². The molecule has 0 heterocycles. The fourth-order valence-electron chi connectivity index (χ4n) is 2.38. The zero-order chi connectivity index (χ0) is 15.7. The van der Waals surface area contributed by atoms with Crippen LogP contribution in [0.3, 0.4) is 0 Å². The molecule has 0 aliphatic heterocycles. The van der Waals surface area contributed by atoms with Crippen molar-refractivity contribution in [2.24, 2.45) is 0 Å². The predicted molar refractivity (Wildman–Crippen MR) is 89.1 cm³/mol. The molecule has 4 nitrogen and oxygen atoms in total. The van der Waals surface area contributed by atoms with Crippen LogP contribution >= 0.6 is 0 Å². The lowest BCUT2D eigenvalue weighted by Gasteiger charge is -2.31. The second kappa shape index (κ2) is 9.77. The van der Waals surface area contributed by atoms with Crippen molar-refractivity contribution in [2.75, 3.05) is 45.4 Å². The fourth-order valence-corrected chi connectivity index (χ4v) is 2.38. The Hall–Kier alpha value is -1.10. The summed E-state index contributed by atoms with van der Waals surface area (Å²) in [6, 6.07) is 7.10. The smallest absolute Gasteiger partial charge is 0.0637 e. The molecular formula is C17H30N2O2. The zero-order valence-electron chi connectivity index (χ0n) is 14.1. The largest absolute Gasteiger partial charge is 0.383 e. The Labute approximate surface area is 129 Å². The van der Waals surface area contributed by atoms with Gasteiger partial charge in [0.25, 0.3) is 0 Å². The van der Waals surface area contributed by atoms with E-state index in [0.717, 1.165) is 32.8 Å². The molecule has 0 amide bonds. The first-order chi connectivity index (χ1) is 10.1. The Morgan fingerprint density at radius 1 is 1.14 bits per heavy atom. The van der Waals surface area contributed by atoms with Crippen LogP contribution in [-0.2, 0) is 16.0 Å². The van der Waals surface area contributed by atoms with Crippen LogP contribution in [0.1, 0.15) is 25.0 Å². The maximum absolute atomic E-state index is 5.25. The van der Waals surface area contributed by atoms with Crippen molar-refractivity contribution >= 4 is 5.69 Å². The lowest BCUT2D eigenvalue weighted by molar-refractivity contribution is 0.199. The second-order valence-corrected chi connectivity index (χ2v) is 5.58. The molecule has 1 aromatic carbocycles. The highest BCUT2D eigenvalue weighted by Gasteiger charge is 2.14. The highest BCUT2D eigenvalue weighted by molar-refractivity contribution is 5.55. The second-order valence-electron chi connectivity index (χ2n) is 5.58. The number of methoxy groups -OCH3 is 2. The average Bonchev–Trinajstić information content (AvgIpc) is 2.45. The molecule has 0 radical (unpaired) electrons. The van der Waals surface area contributed by atoms with Crippen molar-refractivity contribution < 1.29 is 9.47 Å². The van der Waals surface area contributed by atoms with E-state index in [1.807, 2.05) is 0 Å². The van der Waals surface area contributed by atoms with Gasteiger partial charge in [0.2, 0.25) is 0 Å². The number of ether oxygens (including phenoxy) is 2. The van der Waals surface area contributed by atoms with Gasteiger partial charge in [-0.05, 0) is 32.4 Å². The summed E-state index contributed by atoms with van der Waals surface area (Å²) in [6.45, 7) is 10.7.